The van der Waals surface area contributed by atoms with Crippen molar-refractivity contribution in [3.8, 4) is 0 Å². The number of carboxylic acid groups (broad SMARTS) is 1. The Kier molecular flexibility index (Phi) is 4.33. The van der Waals surface area contributed by atoms with Crippen LogP contribution < -0.4 is 0 Å². The number of aliphatic carboxylic acids is 1. The molecule has 16 heavy (non-hydrogen) atoms. The summed E-state index contributed by atoms with van der Waals surface area (Å²) in [5.41, 5.74) is 1.29. The molecule has 0 fully saturated rings. The summed E-state index contributed by atoms with van der Waals surface area (Å²) < 4.78 is 0. The zero-order valence-electron chi connectivity index (χ0n) is 9.27. The largest absolute Gasteiger partial charge is 0.479 e. The van der Waals surface area contributed by atoms with Gasteiger partial charge in [0.2, 0.25) is 0 Å². The van der Waals surface area contributed by atoms with Gasteiger partial charge in [-0.1, -0.05) is 37.6 Å². The molecule has 0 aromatic heterocycles. The van der Waals surface area contributed by atoms with Crippen LogP contribution in [0.1, 0.15) is 43.4 Å². The van der Waals surface area contributed by atoms with E-state index in [0.717, 1.165) is 12.0 Å². The Morgan fingerprint density at radius 1 is 1.50 bits per heavy atom. The maximum Gasteiger partial charge on any atom is 0.337 e. The van der Waals surface area contributed by atoms with E-state index in [4.69, 9.17) is 16.7 Å². The number of aliphatic hydroxyl groups is 1. The van der Waals surface area contributed by atoms with Gasteiger partial charge in [-0.25, -0.2) is 4.79 Å². The van der Waals surface area contributed by atoms with E-state index < -0.39 is 12.1 Å². The number of rotatable bonds is 4. The van der Waals surface area contributed by atoms with Crippen LogP contribution >= 0.6 is 11.6 Å². The molecule has 0 saturated carbocycles. The van der Waals surface area contributed by atoms with E-state index in [1.54, 1.807) is 12.1 Å². The fourth-order valence-corrected chi connectivity index (χ4v) is 1.85. The molecule has 2 atom stereocenters. The highest BCUT2D eigenvalue weighted by Gasteiger charge is 2.17. The lowest BCUT2D eigenvalue weighted by Crippen LogP contribution is -2.10. The minimum Gasteiger partial charge on any atom is -0.479 e. The summed E-state index contributed by atoms with van der Waals surface area (Å²) >= 11 is 6.05. The van der Waals surface area contributed by atoms with E-state index in [0.29, 0.717) is 16.5 Å². The summed E-state index contributed by atoms with van der Waals surface area (Å²) in [5.74, 6) is -0.948. The Labute approximate surface area is 99.7 Å². The zero-order valence-corrected chi connectivity index (χ0v) is 10.0. The molecule has 0 spiro atoms. The number of aliphatic hydroxyl groups excluding tert-OH is 1. The van der Waals surface area contributed by atoms with E-state index in [1.165, 1.54) is 6.07 Å². The second-order valence-corrected chi connectivity index (χ2v) is 4.24. The van der Waals surface area contributed by atoms with Crippen LogP contribution in [0, 0.1) is 0 Å². The first-order valence-corrected chi connectivity index (χ1v) is 5.55. The molecule has 0 bridgehead atoms. The first-order chi connectivity index (χ1) is 7.47. The third-order valence-electron chi connectivity index (χ3n) is 2.72. The molecule has 0 amide bonds. The average molecular weight is 243 g/mol. The lowest BCUT2D eigenvalue weighted by Gasteiger charge is -2.13. The Bertz CT molecular complexity index is 390. The minimum absolute atomic E-state index is 0.310. The van der Waals surface area contributed by atoms with Gasteiger partial charge in [0.15, 0.2) is 6.10 Å². The highest BCUT2D eigenvalue weighted by atomic mass is 35.5. The summed E-state index contributed by atoms with van der Waals surface area (Å²) in [7, 11) is 0. The van der Waals surface area contributed by atoms with Gasteiger partial charge in [0.05, 0.1) is 0 Å². The first-order valence-electron chi connectivity index (χ1n) is 5.17. The van der Waals surface area contributed by atoms with Crippen LogP contribution in [0.3, 0.4) is 0 Å². The monoisotopic (exact) mass is 242 g/mol. The van der Waals surface area contributed by atoms with E-state index in [-0.39, 0.29) is 0 Å². The van der Waals surface area contributed by atoms with Gasteiger partial charge in [-0.2, -0.15) is 0 Å². The maximum atomic E-state index is 10.6. The summed E-state index contributed by atoms with van der Waals surface area (Å²) in [4.78, 5) is 10.6. The van der Waals surface area contributed by atoms with Crippen molar-refractivity contribution in [2.24, 2.45) is 0 Å². The van der Waals surface area contributed by atoms with Gasteiger partial charge in [-0.3, -0.25) is 0 Å². The molecule has 0 aliphatic rings. The van der Waals surface area contributed by atoms with Gasteiger partial charge in [-0.05, 0) is 29.5 Å². The SMILES string of the molecule is CCC(C)c1ccc(C(O)C(=O)O)cc1Cl. The predicted octanol–water partition coefficient (Wildman–Crippen LogP) is 2.97. The smallest absolute Gasteiger partial charge is 0.337 e. The van der Waals surface area contributed by atoms with Gasteiger partial charge in [-0.15, -0.1) is 0 Å². The summed E-state index contributed by atoms with van der Waals surface area (Å²) in [6, 6.07) is 4.89. The Morgan fingerprint density at radius 3 is 2.56 bits per heavy atom. The molecule has 0 aliphatic heterocycles. The van der Waals surface area contributed by atoms with Crippen LogP contribution in [-0.4, -0.2) is 16.2 Å². The Hall–Kier alpha value is -1.06. The van der Waals surface area contributed by atoms with Crippen molar-refractivity contribution in [2.75, 3.05) is 0 Å². The summed E-state index contributed by atoms with van der Waals surface area (Å²) in [5, 5.41) is 18.5. The van der Waals surface area contributed by atoms with Crippen molar-refractivity contribution in [3.63, 3.8) is 0 Å². The van der Waals surface area contributed by atoms with Crippen LogP contribution in [0.15, 0.2) is 18.2 Å². The van der Waals surface area contributed by atoms with Crippen molar-refractivity contribution in [3.05, 3.63) is 34.3 Å². The highest BCUT2D eigenvalue weighted by Crippen LogP contribution is 2.29. The molecule has 1 rings (SSSR count). The Balaban J connectivity index is 3.04. The molecule has 2 unspecified atom stereocenters. The number of hydrogen-bond acceptors (Lipinski definition) is 2. The molecule has 0 heterocycles. The standard InChI is InChI=1S/C12H15ClO3/c1-3-7(2)9-5-4-8(6-10(9)13)11(14)12(15)16/h4-7,11,14H,3H2,1-2H3,(H,15,16). The van der Waals surface area contributed by atoms with Gasteiger partial charge >= 0.3 is 5.97 Å². The lowest BCUT2D eigenvalue weighted by atomic mass is 9.96. The molecule has 0 radical (unpaired) electrons. The molecule has 1 aromatic carbocycles. The van der Waals surface area contributed by atoms with Gasteiger partial charge in [0, 0.05) is 5.02 Å². The maximum absolute atomic E-state index is 10.6. The normalized spacial score (nSPS) is 14.5. The van der Waals surface area contributed by atoms with Crippen molar-refractivity contribution < 1.29 is 15.0 Å². The third kappa shape index (κ3) is 2.74. The first kappa shape index (κ1) is 13.0. The molecular formula is C12H15ClO3. The van der Waals surface area contributed by atoms with Crippen LogP contribution in [-0.2, 0) is 4.79 Å². The number of carboxylic acids is 1. The Morgan fingerprint density at radius 2 is 2.12 bits per heavy atom. The quantitative estimate of drug-likeness (QED) is 0.854. The van der Waals surface area contributed by atoms with Gasteiger partial charge in [0.25, 0.3) is 0 Å². The van der Waals surface area contributed by atoms with E-state index >= 15 is 0 Å². The third-order valence-corrected chi connectivity index (χ3v) is 3.04. The molecule has 0 aliphatic carbocycles. The van der Waals surface area contributed by atoms with E-state index in [1.807, 2.05) is 0 Å². The second kappa shape index (κ2) is 5.32. The van der Waals surface area contributed by atoms with E-state index in [2.05, 4.69) is 13.8 Å². The highest BCUT2D eigenvalue weighted by molar-refractivity contribution is 6.31. The van der Waals surface area contributed by atoms with E-state index in [9.17, 15) is 9.90 Å². The topological polar surface area (TPSA) is 57.5 Å². The number of benzene rings is 1. The zero-order chi connectivity index (χ0) is 12.3. The fourth-order valence-electron chi connectivity index (χ4n) is 1.48. The summed E-state index contributed by atoms with van der Waals surface area (Å²) in [6.07, 6.45) is -0.552. The molecule has 88 valence electrons. The van der Waals surface area contributed by atoms with Crippen LogP contribution in [0.5, 0.6) is 0 Å². The molecule has 4 heteroatoms. The molecule has 1 aromatic rings. The molecule has 3 nitrogen and oxygen atoms in total. The summed E-state index contributed by atoms with van der Waals surface area (Å²) in [6.45, 7) is 4.11. The molecule has 2 N–H and O–H groups in total. The predicted molar refractivity (Wildman–Crippen MR) is 62.8 cm³/mol. The number of halogens is 1. The van der Waals surface area contributed by atoms with Crippen molar-refractivity contribution >= 4 is 17.6 Å². The van der Waals surface area contributed by atoms with Crippen molar-refractivity contribution in [2.45, 2.75) is 32.3 Å². The molecule has 0 saturated heterocycles. The lowest BCUT2D eigenvalue weighted by molar-refractivity contribution is -0.146. The number of hydrogen-bond donors (Lipinski definition) is 2. The van der Waals surface area contributed by atoms with Crippen molar-refractivity contribution in [1.82, 2.24) is 0 Å². The van der Waals surface area contributed by atoms with Crippen LogP contribution in [0.25, 0.3) is 0 Å². The van der Waals surface area contributed by atoms with Crippen LogP contribution in [0.2, 0.25) is 5.02 Å². The number of carbonyl (C=O) groups is 1. The van der Waals surface area contributed by atoms with Crippen LogP contribution in [0.4, 0.5) is 0 Å². The van der Waals surface area contributed by atoms with Gasteiger partial charge in [0.1, 0.15) is 0 Å². The minimum atomic E-state index is -1.51. The molecular weight excluding hydrogens is 228 g/mol. The average Bonchev–Trinajstić information content (AvgIpc) is 2.26. The second-order valence-electron chi connectivity index (χ2n) is 3.83. The van der Waals surface area contributed by atoms with Gasteiger partial charge < -0.3 is 10.2 Å². The van der Waals surface area contributed by atoms with Crippen molar-refractivity contribution in [1.29, 1.82) is 0 Å². The fraction of sp³-hybridized carbons (Fsp3) is 0.417.